The van der Waals surface area contributed by atoms with E-state index >= 15 is 0 Å². The minimum absolute atomic E-state index is 0.216. The third-order valence-corrected chi connectivity index (χ3v) is 6.18. The molecular weight excluding hydrogens is 320 g/mol. The van der Waals surface area contributed by atoms with Gasteiger partial charge in [0, 0.05) is 37.6 Å². The van der Waals surface area contributed by atoms with Crippen LogP contribution in [0.15, 0.2) is 54.6 Å². The monoisotopic (exact) mass is 348 g/mol. The van der Waals surface area contributed by atoms with Gasteiger partial charge in [-0.1, -0.05) is 54.6 Å². The lowest BCUT2D eigenvalue weighted by Crippen LogP contribution is -2.66. The summed E-state index contributed by atoms with van der Waals surface area (Å²) in [6.45, 7) is 7.43. The summed E-state index contributed by atoms with van der Waals surface area (Å²) in [5, 5.41) is 13.4. The van der Waals surface area contributed by atoms with Crippen LogP contribution in [-0.2, 0) is 0 Å². The number of nitrogens with one attached hydrogen (secondary N) is 1. The Morgan fingerprint density at radius 1 is 1.08 bits per heavy atom. The fourth-order valence-electron chi connectivity index (χ4n) is 4.53. The quantitative estimate of drug-likeness (QED) is 0.836. The van der Waals surface area contributed by atoms with Crippen molar-refractivity contribution in [1.29, 1.82) is 0 Å². The Balaban J connectivity index is 1.60. The highest BCUT2D eigenvalue weighted by atomic mass is 16.3. The van der Waals surface area contributed by atoms with E-state index in [1.165, 1.54) is 27.8 Å². The predicted octanol–water partition coefficient (Wildman–Crippen LogP) is 3.26. The Bertz CT molecular complexity index is 796. The van der Waals surface area contributed by atoms with Gasteiger partial charge in [-0.25, -0.2) is 0 Å². The summed E-state index contributed by atoms with van der Waals surface area (Å²) in [7, 11) is 0. The predicted molar refractivity (Wildman–Crippen MR) is 107 cm³/mol. The highest BCUT2D eigenvalue weighted by Gasteiger charge is 2.47. The van der Waals surface area contributed by atoms with Gasteiger partial charge in [-0.05, 0) is 41.7 Å². The van der Waals surface area contributed by atoms with E-state index in [0.29, 0.717) is 12.0 Å². The number of aliphatic hydroxyl groups excluding tert-OH is 1. The number of fused-ring (bicyclic) bond motifs is 1. The van der Waals surface area contributed by atoms with Crippen molar-refractivity contribution >= 4 is 0 Å². The fourth-order valence-corrected chi connectivity index (χ4v) is 4.53. The molecular formula is C23H28N2O. The number of aliphatic hydroxyl groups is 1. The first-order chi connectivity index (χ1) is 12.7. The minimum Gasteiger partial charge on any atom is -0.395 e. The van der Waals surface area contributed by atoms with Crippen LogP contribution in [0.5, 0.6) is 0 Å². The molecule has 136 valence electrons. The van der Waals surface area contributed by atoms with Crippen LogP contribution in [-0.4, -0.2) is 48.3 Å². The maximum absolute atomic E-state index is 9.93. The average molecular weight is 348 g/mol. The second kappa shape index (κ2) is 7.36. The highest BCUT2D eigenvalue weighted by molar-refractivity contribution is 5.68. The number of benzene rings is 2. The molecule has 0 bridgehead atoms. The summed E-state index contributed by atoms with van der Waals surface area (Å²) in [6, 6.07) is 16.2. The Morgan fingerprint density at radius 2 is 1.88 bits per heavy atom. The normalized spacial score (nSPS) is 27.1. The van der Waals surface area contributed by atoms with Crippen molar-refractivity contribution in [2.24, 2.45) is 0 Å². The Labute approximate surface area is 156 Å². The van der Waals surface area contributed by atoms with Crippen LogP contribution in [0.2, 0.25) is 0 Å². The van der Waals surface area contributed by atoms with Crippen LogP contribution < -0.4 is 5.32 Å². The smallest absolute Gasteiger partial charge is 0.0593 e. The summed E-state index contributed by atoms with van der Waals surface area (Å²) in [5.74, 6) is 0.395. The van der Waals surface area contributed by atoms with Crippen molar-refractivity contribution in [3.05, 3.63) is 71.3 Å². The number of nitrogens with zero attached hydrogens (tertiary/aromatic N) is 1. The molecule has 2 aliphatic rings. The molecule has 0 saturated carbocycles. The number of hydrogen-bond donors (Lipinski definition) is 2. The van der Waals surface area contributed by atoms with Gasteiger partial charge in [0.1, 0.15) is 0 Å². The molecule has 0 spiro atoms. The largest absolute Gasteiger partial charge is 0.395 e. The van der Waals surface area contributed by atoms with E-state index in [9.17, 15) is 5.11 Å². The maximum Gasteiger partial charge on any atom is 0.0593 e. The van der Waals surface area contributed by atoms with Crippen LogP contribution in [0, 0.1) is 13.8 Å². The molecule has 3 atom stereocenters. The zero-order valence-electron chi connectivity index (χ0n) is 15.7. The first-order valence-electron chi connectivity index (χ1n) is 9.59. The lowest BCUT2D eigenvalue weighted by molar-refractivity contribution is -0.0339. The third kappa shape index (κ3) is 3.01. The zero-order valence-corrected chi connectivity index (χ0v) is 15.7. The molecule has 2 N–H and O–H groups in total. The molecule has 0 radical (unpaired) electrons. The molecule has 0 aromatic heterocycles. The van der Waals surface area contributed by atoms with Crippen molar-refractivity contribution in [2.75, 3.05) is 26.2 Å². The molecule has 4 rings (SSSR count). The molecule has 0 aliphatic carbocycles. The SMILES string of the molecule is Cc1cccc(-c2ccc([C@@H]3[C@@H](CO)N4C/C=C\CNC[C@@H]34)cc2)c1C. The van der Waals surface area contributed by atoms with Crippen molar-refractivity contribution < 1.29 is 5.11 Å². The molecule has 26 heavy (non-hydrogen) atoms. The molecule has 0 unspecified atom stereocenters. The van der Waals surface area contributed by atoms with Crippen molar-refractivity contribution in [3.8, 4) is 11.1 Å². The molecule has 1 fully saturated rings. The highest BCUT2D eigenvalue weighted by Crippen LogP contribution is 2.41. The van der Waals surface area contributed by atoms with Gasteiger partial charge in [0.25, 0.3) is 0 Å². The molecule has 3 nitrogen and oxygen atoms in total. The average Bonchev–Trinajstić information content (AvgIpc) is 2.63. The van der Waals surface area contributed by atoms with E-state index in [0.717, 1.165) is 19.6 Å². The van der Waals surface area contributed by atoms with E-state index in [4.69, 9.17) is 0 Å². The van der Waals surface area contributed by atoms with Crippen LogP contribution in [0.25, 0.3) is 11.1 Å². The van der Waals surface area contributed by atoms with Gasteiger partial charge < -0.3 is 10.4 Å². The second-order valence-electron chi connectivity index (χ2n) is 7.54. The van der Waals surface area contributed by atoms with Crippen LogP contribution >= 0.6 is 0 Å². The molecule has 2 heterocycles. The fraction of sp³-hybridized carbons (Fsp3) is 0.391. The number of aryl methyl sites for hydroxylation is 1. The molecule has 2 aliphatic heterocycles. The first-order valence-corrected chi connectivity index (χ1v) is 9.59. The standard InChI is InChI=1S/C23H28N2O/c1-16-6-5-7-20(17(16)2)18-8-10-19(11-9-18)23-21-14-24-12-3-4-13-25(21)22(23)15-26/h3-11,21-24,26H,12-15H2,1-2H3/b4-3-/t21-,22+,23-/m0/s1. The molecule has 3 heteroatoms. The summed E-state index contributed by atoms with van der Waals surface area (Å²) in [6.07, 6.45) is 4.39. The number of rotatable bonds is 3. The Hall–Kier alpha value is -1.94. The molecule has 2 aromatic rings. The van der Waals surface area contributed by atoms with Gasteiger partial charge in [-0.15, -0.1) is 0 Å². The molecule has 2 aromatic carbocycles. The summed E-state index contributed by atoms with van der Waals surface area (Å²) in [4.78, 5) is 2.42. The summed E-state index contributed by atoms with van der Waals surface area (Å²) < 4.78 is 0. The second-order valence-corrected chi connectivity index (χ2v) is 7.54. The van der Waals surface area contributed by atoms with Crippen molar-refractivity contribution in [3.63, 3.8) is 0 Å². The number of hydrogen-bond acceptors (Lipinski definition) is 3. The Kier molecular flexibility index (Phi) is 4.94. The summed E-state index contributed by atoms with van der Waals surface area (Å²) >= 11 is 0. The van der Waals surface area contributed by atoms with Crippen LogP contribution in [0.1, 0.15) is 22.6 Å². The van der Waals surface area contributed by atoms with Crippen LogP contribution in [0.4, 0.5) is 0 Å². The van der Waals surface area contributed by atoms with Crippen molar-refractivity contribution in [2.45, 2.75) is 31.8 Å². The maximum atomic E-state index is 9.93. The third-order valence-electron chi connectivity index (χ3n) is 6.18. The van der Waals surface area contributed by atoms with Gasteiger partial charge in [0.15, 0.2) is 0 Å². The van der Waals surface area contributed by atoms with Gasteiger partial charge in [0.05, 0.1) is 6.61 Å². The van der Waals surface area contributed by atoms with Gasteiger partial charge in [0.2, 0.25) is 0 Å². The van der Waals surface area contributed by atoms with E-state index in [1.54, 1.807) is 0 Å². The minimum atomic E-state index is 0.216. The van der Waals surface area contributed by atoms with Gasteiger partial charge in [-0.2, -0.15) is 0 Å². The van der Waals surface area contributed by atoms with Crippen molar-refractivity contribution in [1.82, 2.24) is 10.2 Å². The zero-order chi connectivity index (χ0) is 18.1. The van der Waals surface area contributed by atoms with Crippen LogP contribution in [0.3, 0.4) is 0 Å². The topological polar surface area (TPSA) is 35.5 Å². The van der Waals surface area contributed by atoms with Gasteiger partial charge in [-0.3, -0.25) is 4.90 Å². The van der Waals surface area contributed by atoms with Gasteiger partial charge >= 0.3 is 0 Å². The molecule has 1 saturated heterocycles. The van der Waals surface area contributed by atoms with E-state index in [2.05, 4.69) is 78.7 Å². The lowest BCUT2D eigenvalue weighted by atomic mass is 9.74. The summed E-state index contributed by atoms with van der Waals surface area (Å²) in [5.41, 5.74) is 6.59. The first kappa shape index (κ1) is 17.5. The van der Waals surface area contributed by atoms with E-state index < -0.39 is 0 Å². The van der Waals surface area contributed by atoms with E-state index in [1.807, 2.05) is 0 Å². The molecule has 0 amide bonds. The van der Waals surface area contributed by atoms with E-state index in [-0.39, 0.29) is 12.6 Å². The lowest BCUT2D eigenvalue weighted by Gasteiger charge is -2.55. The Morgan fingerprint density at radius 3 is 2.65 bits per heavy atom.